The van der Waals surface area contributed by atoms with Crippen molar-refractivity contribution >= 4 is 11.9 Å². The Bertz CT molecular complexity index is 478. The summed E-state index contributed by atoms with van der Waals surface area (Å²) in [6.45, 7) is 1.16. The predicted molar refractivity (Wildman–Crippen MR) is 76.3 cm³/mol. The molecule has 2 aliphatic heterocycles. The molecule has 0 aliphatic carbocycles. The predicted octanol–water partition coefficient (Wildman–Crippen LogP) is 1.83. The Hall–Kier alpha value is -1.35. The number of aliphatic carboxylic acids is 1. The molecule has 0 spiro atoms. The Kier molecular flexibility index (Phi) is 5.74. The molecular formula is C15H22F3NO5. The van der Waals surface area contributed by atoms with Gasteiger partial charge in [-0.25, -0.2) is 0 Å². The number of halogens is 3. The minimum Gasteiger partial charge on any atom is -0.481 e. The van der Waals surface area contributed by atoms with E-state index in [-0.39, 0.29) is 19.3 Å². The number of rotatable bonds is 5. The van der Waals surface area contributed by atoms with Crippen LogP contribution in [0.25, 0.3) is 0 Å². The van der Waals surface area contributed by atoms with Gasteiger partial charge in [0.15, 0.2) is 5.41 Å². The van der Waals surface area contributed by atoms with Crippen molar-refractivity contribution in [3.05, 3.63) is 0 Å². The van der Waals surface area contributed by atoms with Crippen LogP contribution >= 0.6 is 0 Å². The number of nitrogens with zero attached hydrogens (tertiary/aromatic N) is 1. The zero-order chi connectivity index (χ0) is 18.0. The van der Waals surface area contributed by atoms with E-state index in [1.54, 1.807) is 0 Å². The number of carboxylic acid groups (broad SMARTS) is 1. The highest BCUT2D eigenvalue weighted by molar-refractivity contribution is 5.83. The molecule has 2 aliphatic rings. The van der Waals surface area contributed by atoms with Crippen molar-refractivity contribution < 1.29 is 37.3 Å². The number of ether oxygens (including phenoxy) is 2. The summed E-state index contributed by atoms with van der Waals surface area (Å²) in [6.07, 6.45) is -3.79. The zero-order valence-electron chi connectivity index (χ0n) is 13.5. The van der Waals surface area contributed by atoms with Gasteiger partial charge in [0, 0.05) is 19.7 Å². The molecule has 2 fully saturated rings. The van der Waals surface area contributed by atoms with E-state index in [0.717, 1.165) is 24.2 Å². The van der Waals surface area contributed by atoms with E-state index in [0.29, 0.717) is 6.61 Å². The van der Waals surface area contributed by atoms with Crippen molar-refractivity contribution in [2.24, 2.45) is 5.41 Å². The highest BCUT2D eigenvalue weighted by Crippen LogP contribution is 2.45. The van der Waals surface area contributed by atoms with Crippen molar-refractivity contribution in [1.82, 2.24) is 4.90 Å². The smallest absolute Gasteiger partial charge is 0.406 e. The van der Waals surface area contributed by atoms with Gasteiger partial charge >= 0.3 is 12.1 Å². The standard InChI is InChI=1S/C15H22F3NO5/c1-10(24-8-11-4-2-3-7-23-11)12(20)19-6-5-14(9-19,13(21)22)15(16,17)18/h10-11H,2-9H2,1H3,(H,21,22). The summed E-state index contributed by atoms with van der Waals surface area (Å²) in [7, 11) is 0. The topological polar surface area (TPSA) is 76.1 Å². The van der Waals surface area contributed by atoms with Crippen LogP contribution in [0.15, 0.2) is 0 Å². The first-order valence-corrected chi connectivity index (χ1v) is 7.99. The lowest BCUT2D eigenvalue weighted by Crippen LogP contribution is -2.49. The molecule has 24 heavy (non-hydrogen) atoms. The number of carbonyl (C=O) groups is 2. The number of hydrogen-bond acceptors (Lipinski definition) is 4. The van der Waals surface area contributed by atoms with Crippen molar-refractivity contribution in [1.29, 1.82) is 0 Å². The normalized spacial score (nSPS) is 29.5. The van der Waals surface area contributed by atoms with E-state index < -0.39 is 42.5 Å². The van der Waals surface area contributed by atoms with Crippen LogP contribution in [-0.4, -0.2) is 66.6 Å². The maximum atomic E-state index is 13.1. The van der Waals surface area contributed by atoms with Gasteiger partial charge in [0.05, 0.1) is 12.7 Å². The second kappa shape index (κ2) is 7.26. The molecule has 0 saturated carbocycles. The molecule has 3 unspecified atom stereocenters. The molecule has 0 aromatic carbocycles. The lowest BCUT2D eigenvalue weighted by Gasteiger charge is -2.28. The molecule has 6 nitrogen and oxygen atoms in total. The molecule has 9 heteroatoms. The highest BCUT2D eigenvalue weighted by atomic mass is 19.4. The van der Waals surface area contributed by atoms with Gasteiger partial charge in [0.1, 0.15) is 6.10 Å². The quantitative estimate of drug-likeness (QED) is 0.816. The van der Waals surface area contributed by atoms with E-state index in [1.807, 2.05) is 0 Å². The Balaban J connectivity index is 1.91. The van der Waals surface area contributed by atoms with Crippen LogP contribution < -0.4 is 0 Å². The summed E-state index contributed by atoms with van der Waals surface area (Å²) in [5.74, 6) is -2.58. The second-order valence-corrected chi connectivity index (χ2v) is 6.36. The molecule has 1 N–H and O–H groups in total. The average molecular weight is 353 g/mol. The van der Waals surface area contributed by atoms with E-state index in [9.17, 15) is 22.8 Å². The molecule has 0 bridgehead atoms. The molecule has 0 aromatic heterocycles. The molecule has 2 heterocycles. The SMILES string of the molecule is CC(OCC1CCCCO1)C(=O)N1CCC(C(=O)O)(C(F)(F)F)C1. The fourth-order valence-corrected chi connectivity index (χ4v) is 3.04. The summed E-state index contributed by atoms with van der Waals surface area (Å²) in [5.41, 5.74) is -2.89. The van der Waals surface area contributed by atoms with Crippen LogP contribution in [0, 0.1) is 5.41 Å². The van der Waals surface area contributed by atoms with Crippen molar-refractivity contribution in [3.63, 3.8) is 0 Å². The van der Waals surface area contributed by atoms with Crippen LogP contribution in [0.5, 0.6) is 0 Å². The zero-order valence-corrected chi connectivity index (χ0v) is 13.5. The van der Waals surface area contributed by atoms with Crippen molar-refractivity contribution in [2.75, 3.05) is 26.3 Å². The monoisotopic (exact) mass is 353 g/mol. The first-order chi connectivity index (χ1) is 11.2. The summed E-state index contributed by atoms with van der Waals surface area (Å²) in [4.78, 5) is 24.3. The number of alkyl halides is 3. The van der Waals surface area contributed by atoms with Crippen LogP contribution in [0.4, 0.5) is 13.2 Å². The molecule has 138 valence electrons. The van der Waals surface area contributed by atoms with Crippen LogP contribution in [0.1, 0.15) is 32.6 Å². The molecule has 2 rings (SSSR count). The number of carboxylic acids is 1. The Labute approximate surface area is 137 Å². The van der Waals surface area contributed by atoms with E-state index in [1.165, 1.54) is 6.92 Å². The minimum atomic E-state index is -4.91. The number of likely N-dealkylation sites (tertiary alicyclic amines) is 1. The third kappa shape index (κ3) is 3.83. The van der Waals surface area contributed by atoms with E-state index in [4.69, 9.17) is 14.6 Å². The molecule has 3 atom stereocenters. The fourth-order valence-electron chi connectivity index (χ4n) is 3.04. The van der Waals surface area contributed by atoms with E-state index >= 15 is 0 Å². The lowest BCUT2D eigenvalue weighted by molar-refractivity contribution is -0.227. The minimum absolute atomic E-state index is 0.110. The van der Waals surface area contributed by atoms with Crippen molar-refractivity contribution in [2.45, 2.75) is 51.0 Å². The van der Waals surface area contributed by atoms with Crippen LogP contribution in [0.3, 0.4) is 0 Å². The molecule has 1 amide bonds. The van der Waals surface area contributed by atoms with Crippen LogP contribution in [-0.2, 0) is 19.1 Å². The van der Waals surface area contributed by atoms with Gasteiger partial charge in [0.2, 0.25) is 0 Å². The number of carbonyl (C=O) groups excluding carboxylic acids is 1. The lowest BCUT2D eigenvalue weighted by atomic mass is 9.86. The largest absolute Gasteiger partial charge is 0.481 e. The van der Waals surface area contributed by atoms with Crippen LogP contribution in [0.2, 0.25) is 0 Å². The van der Waals surface area contributed by atoms with Crippen molar-refractivity contribution in [3.8, 4) is 0 Å². The fraction of sp³-hybridized carbons (Fsp3) is 0.867. The second-order valence-electron chi connectivity index (χ2n) is 6.36. The summed E-state index contributed by atoms with van der Waals surface area (Å²) in [5, 5.41) is 9.01. The molecule has 0 radical (unpaired) electrons. The molecular weight excluding hydrogens is 331 g/mol. The highest BCUT2D eigenvalue weighted by Gasteiger charge is 2.64. The maximum absolute atomic E-state index is 13.1. The van der Waals surface area contributed by atoms with Gasteiger partial charge in [-0.05, 0) is 32.6 Å². The van der Waals surface area contributed by atoms with Gasteiger partial charge < -0.3 is 19.5 Å². The van der Waals surface area contributed by atoms with Gasteiger partial charge in [-0.1, -0.05) is 0 Å². The maximum Gasteiger partial charge on any atom is 0.406 e. The first-order valence-electron chi connectivity index (χ1n) is 7.99. The van der Waals surface area contributed by atoms with E-state index in [2.05, 4.69) is 0 Å². The third-order valence-electron chi connectivity index (χ3n) is 4.69. The van der Waals surface area contributed by atoms with Gasteiger partial charge in [0.25, 0.3) is 5.91 Å². The number of hydrogen-bond donors (Lipinski definition) is 1. The first kappa shape index (κ1) is 19.0. The Morgan fingerprint density at radius 2 is 2.12 bits per heavy atom. The number of amides is 1. The van der Waals surface area contributed by atoms with Gasteiger partial charge in [-0.3, -0.25) is 9.59 Å². The summed E-state index contributed by atoms with van der Waals surface area (Å²) in [6, 6.07) is 0. The summed E-state index contributed by atoms with van der Waals surface area (Å²) >= 11 is 0. The molecule has 0 aromatic rings. The average Bonchev–Trinajstić information content (AvgIpc) is 2.99. The summed E-state index contributed by atoms with van der Waals surface area (Å²) < 4.78 is 50.3. The third-order valence-corrected chi connectivity index (χ3v) is 4.69. The van der Waals surface area contributed by atoms with Gasteiger partial charge in [-0.15, -0.1) is 0 Å². The van der Waals surface area contributed by atoms with Gasteiger partial charge in [-0.2, -0.15) is 13.2 Å². The Morgan fingerprint density at radius 3 is 2.62 bits per heavy atom. The Morgan fingerprint density at radius 1 is 1.42 bits per heavy atom. The molecule has 2 saturated heterocycles.